The molecule has 0 radical (unpaired) electrons. The van der Waals surface area contributed by atoms with E-state index in [1.54, 1.807) is 48.5 Å². The van der Waals surface area contributed by atoms with Crippen molar-refractivity contribution in [2.75, 3.05) is 13.2 Å². The standard InChI is InChI=1S/C26H25N3O5/c30-24(28-33)16-15-20-11-13-21(14-12-20)19-29(17-18-34-23-9-5-2-6-10-23)26(32)27-25(31)22-7-3-1-4-8-22/h1-16,33H,17-19H2,(H,28,30)(H,27,31,32)/b16-15+. The maximum atomic E-state index is 12.9. The Balaban J connectivity index is 1.67. The quantitative estimate of drug-likeness (QED) is 0.257. The highest BCUT2D eigenvalue weighted by molar-refractivity contribution is 6.04. The second-order valence-corrected chi connectivity index (χ2v) is 7.26. The number of hydrogen-bond acceptors (Lipinski definition) is 5. The zero-order valence-electron chi connectivity index (χ0n) is 18.4. The molecule has 0 heterocycles. The summed E-state index contributed by atoms with van der Waals surface area (Å²) in [5.41, 5.74) is 3.49. The van der Waals surface area contributed by atoms with Gasteiger partial charge in [-0.2, -0.15) is 0 Å². The number of benzene rings is 3. The van der Waals surface area contributed by atoms with Gasteiger partial charge >= 0.3 is 6.03 Å². The monoisotopic (exact) mass is 459 g/mol. The summed E-state index contributed by atoms with van der Waals surface area (Å²) in [6.45, 7) is 0.738. The van der Waals surface area contributed by atoms with Crippen molar-refractivity contribution in [3.8, 4) is 5.75 Å². The molecular weight excluding hydrogens is 434 g/mol. The van der Waals surface area contributed by atoms with Crippen molar-refractivity contribution < 1.29 is 24.3 Å². The molecule has 3 aromatic carbocycles. The van der Waals surface area contributed by atoms with Gasteiger partial charge in [0.25, 0.3) is 11.8 Å². The number of para-hydroxylation sites is 1. The summed E-state index contributed by atoms with van der Waals surface area (Å²) >= 11 is 0. The highest BCUT2D eigenvalue weighted by Gasteiger charge is 2.18. The molecule has 0 aromatic heterocycles. The van der Waals surface area contributed by atoms with E-state index in [9.17, 15) is 14.4 Å². The molecule has 4 amide bonds. The SMILES string of the molecule is O=C(/C=C/c1ccc(CN(CCOc2ccccc2)C(=O)NC(=O)c2ccccc2)cc1)NO. The van der Waals surface area contributed by atoms with E-state index < -0.39 is 17.8 Å². The Labute approximate surface area is 197 Å². The molecule has 8 nitrogen and oxygen atoms in total. The van der Waals surface area contributed by atoms with Crippen LogP contribution in [0.15, 0.2) is 91.0 Å². The van der Waals surface area contributed by atoms with Crippen LogP contribution in [0.4, 0.5) is 4.79 Å². The largest absolute Gasteiger partial charge is 0.492 e. The minimum atomic E-state index is -0.631. The van der Waals surface area contributed by atoms with Gasteiger partial charge in [0.2, 0.25) is 0 Å². The van der Waals surface area contributed by atoms with Crippen molar-refractivity contribution in [1.29, 1.82) is 0 Å². The normalized spacial score (nSPS) is 10.5. The van der Waals surface area contributed by atoms with Gasteiger partial charge in [-0.1, -0.05) is 60.7 Å². The number of hydrogen-bond donors (Lipinski definition) is 3. The van der Waals surface area contributed by atoms with Crippen LogP contribution in [0.5, 0.6) is 5.75 Å². The Hall–Kier alpha value is -4.43. The third-order valence-corrected chi connectivity index (χ3v) is 4.81. The van der Waals surface area contributed by atoms with Gasteiger partial charge in [0.05, 0.1) is 6.54 Å². The van der Waals surface area contributed by atoms with Crippen LogP contribution in [0.1, 0.15) is 21.5 Å². The Kier molecular flexibility index (Phi) is 8.95. The highest BCUT2D eigenvalue weighted by atomic mass is 16.5. The molecule has 34 heavy (non-hydrogen) atoms. The fourth-order valence-corrected chi connectivity index (χ4v) is 3.04. The molecule has 0 unspecified atom stereocenters. The van der Waals surface area contributed by atoms with E-state index in [4.69, 9.17) is 9.94 Å². The van der Waals surface area contributed by atoms with Crippen LogP contribution < -0.4 is 15.5 Å². The van der Waals surface area contributed by atoms with Crippen LogP contribution in [-0.4, -0.2) is 41.1 Å². The van der Waals surface area contributed by atoms with E-state index in [1.807, 2.05) is 42.5 Å². The van der Waals surface area contributed by atoms with Crippen LogP contribution in [-0.2, 0) is 11.3 Å². The summed E-state index contributed by atoms with van der Waals surface area (Å²) in [7, 11) is 0. The van der Waals surface area contributed by atoms with E-state index in [0.717, 1.165) is 11.1 Å². The van der Waals surface area contributed by atoms with Crippen molar-refractivity contribution in [3.63, 3.8) is 0 Å². The highest BCUT2D eigenvalue weighted by Crippen LogP contribution is 2.12. The van der Waals surface area contributed by atoms with Gasteiger partial charge in [0.15, 0.2) is 0 Å². The topological polar surface area (TPSA) is 108 Å². The van der Waals surface area contributed by atoms with E-state index in [1.165, 1.54) is 16.5 Å². The van der Waals surface area contributed by atoms with Crippen LogP contribution in [0.25, 0.3) is 6.08 Å². The number of urea groups is 1. The number of carbonyl (C=O) groups is 3. The molecule has 0 spiro atoms. The lowest BCUT2D eigenvalue weighted by molar-refractivity contribution is -0.124. The summed E-state index contributed by atoms with van der Waals surface area (Å²) in [6, 6.07) is 24.4. The maximum absolute atomic E-state index is 12.9. The first kappa shape index (κ1) is 24.2. The lowest BCUT2D eigenvalue weighted by Gasteiger charge is -2.23. The van der Waals surface area contributed by atoms with Crippen LogP contribution in [0, 0.1) is 0 Å². The van der Waals surface area contributed by atoms with Crippen molar-refractivity contribution in [2.24, 2.45) is 0 Å². The number of rotatable bonds is 9. The Morgan fingerprint density at radius 3 is 2.18 bits per heavy atom. The van der Waals surface area contributed by atoms with E-state index in [-0.39, 0.29) is 19.7 Å². The molecule has 0 saturated heterocycles. The molecule has 8 heteroatoms. The van der Waals surface area contributed by atoms with Gasteiger partial charge in [-0.3, -0.25) is 20.1 Å². The van der Waals surface area contributed by atoms with Crippen molar-refractivity contribution in [2.45, 2.75) is 6.54 Å². The van der Waals surface area contributed by atoms with E-state index in [2.05, 4.69) is 5.32 Å². The smallest absolute Gasteiger partial charge is 0.324 e. The Morgan fingerprint density at radius 2 is 1.53 bits per heavy atom. The molecular formula is C26H25N3O5. The molecule has 0 aliphatic carbocycles. The zero-order valence-corrected chi connectivity index (χ0v) is 18.4. The summed E-state index contributed by atoms with van der Waals surface area (Å²) in [4.78, 5) is 38.0. The Bertz CT molecular complexity index is 1120. The molecule has 3 rings (SSSR count). The van der Waals surface area contributed by atoms with Gasteiger partial charge in [0.1, 0.15) is 12.4 Å². The van der Waals surface area contributed by atoms with Crippen molar-refractivity contribution >= 4 is 23.9 Å². The number of ether oxygens (including phenoxy) is 1. The number of nitrogens with zero attached hydrogens (tertiary/aromatic N) is 1. The molecule has 0 bridgehead atoms. The number of imide groups is 1. The first-order valence-electron chi connectivity index (χ1n) is 10.6. The molecule has 3 N–H and O–H groups in total. The summed E-state index contributed by atoms with van der Waals surface area (Å²) in [6.07, 6.45) is 2.75. The predicted octanol–water partition coefficient (Wildman–Crippen LogP) is 3.64. The fraction of sp³-hybridized carbons (Fsp3) is 0.115. The first-order chi connectivity index (χ1) is 16.5. The van der Waals surface area contributed by atoms with Gasteiger partial charge in [-0.05, 0) is 41.5 Å². The summed E-state index contributed by atoms with van der Waals surface area (Å²) in [5.74, 6) is -0.429. The predicted molar refractivity (Wildman–Crippen MR) is 127 cm³/mol. The first-order valence-corrected chi connectivity index (χ1v) is 10.6. The summed E-state index contributed by atoms with van der Waals surface area (Å²) < 4.78 is 5.72. The molecule has 0 fully saturated rings. The van der Waals surface area contributed by atoms with Gasteiger partial charge in [-0.15, -0.1) is 0 Å². The van der Waals surface area contributed by atoms with Gasteiger partial charge in [0, 0.05) is 18.2 Å². The maximum Gasteiger partial charge on any atom is 0.324 e. The van der Waals surface area contributed by atoms with Gasteiger partial charge in [-0.25, -0.2) is 10.3 Å². The zero-order chi connectivity index (χ0) is 24.2. The second kappa shape index (κ2) is 12.6. The molecule has 0 saturated carbocycles. The molecule has 0 aliphatic heterocycles. The number of amides is 4. The number of carbonyl (C=O) groups excluding carboxylic acids is 3. The van der Waals surface area contributed by atoms with Crippen LogP contribution >= 0.6 is 0 Å². The lowest BCUT2D eigenvalue weighted by Crippen LogP contribution is -2.44. The average Bonchev–Trinajstić information content (AvgIpc) is 2.88. The average molecular weight is 460 g/mol. The third-order valence-electron chi connectivity index (χ3n) is 4.81. The fourth-order valence-electron chi connectivity index (χ4n) is 3.04. The molecule has 3 aromatic rings. The summed E-state index contributed by atoms with van der Waals surface area (Å²) in [5, 5.41) is 11.0. The van der Waals surface area contributed by atoms with Gasteiger partial charge < -0.3 is 9.64 Å². The van der Waals surface area contributed by atoms with Crippen molar-refractivity contribution in [1.82, 2.24) is 15.7 Å². The number of nitrogens with one attached hydrogen (secondary N) is 2. The molecule has 174 valence electrons. The van der Waals surface area contributed by atoms with Crippen LogP contribution in [0.3, 0.4) is 0 Å². The van der Waals surface area contributed by atoms with E-state index >= 15 is 0 Å². The van der Waals surface area contributed by atoms with E-state index in [0.29, 0.717) is 11.3 Å². The number of hydroxylamine groups is 1. The lowest BCUT2D eigenvalue weighted by atomic mass is 10.1. The minimum absolute atomic E-state index is 0.243. The Morgan fingerprint density at radius 1 is 0.882 bits per heavy atom. The third kappa shape index (κ3) is 7.61. The van der Waals surface area contributed by atoms with Crippen LogP contribution in [0.2, 0.25) is 0 Å². The molecule has 0 aliphatic rings. The molecule has 0 atom stereocenters. The minimum Gasteiger partial charge on any atom is -0.492 e. The van der Waals surface area contributed by atoms with Crippen molar-refractivity contribution in [3.05, 3.63) is 108 Å². The second-order valence-electron chi connectivity index (χ2n) is 7.26.